The Hall–Kier alpha value is -1.16. The van der Waals surface area contributed by atoms with Crippen molar-refractivity contribution in [2.75, 3.05) is 0 Å². The van der Waals surface area contributed by atoms with Gasteiger partial charge in [-0.15, -0.1) is 11.5 Å². The predicted molar refractivity (Wildman–Crippen MR) is 57.5 cm³/mol. The van der Waals surface area contributed by atoms with Crippen LogP contribution in [0.3, 0.4) is 0 Å². The monoisotopic (exact) mass is 306 g/mol. The SMILES string of the molecule is [O-]c1ccccc1.[O-]c1ccccc1.[Sn+2]. The van der Waals surface area contributed by atoms with Crippen molar-refractivity contribution in [2.45, 2.75) is 0 Å². The Bertz CT molecular complexity index is 311. The molecule has 2 aromatic carbocycles. The zero-order valence-corrected chi connectivity index (χ0v) is 10.9. The van der Waals surface area contributed by atoms with Gasteiger partial charge >= 0.3 is 23.9 Å². The number of para-hydroxylation sites is 2. The Morgan fingerprint density at radius 2 is 0.800 bits per heavy atom. The maximum absolute atomic E-state index is 10.3. The van der Waals surface area contributed by atoms with Gasteiger partial charge in [0.1, 0.15) is 0 Å². The average Bonchev–Trinajstić information content (AvgIpc) is 2.21. The van der Waals surface area contributed by atoms with Crippen LogP contribution >= 0.6 is 0 Å². The minimum Gasteiger partial charge on any atom is -0.872 e. The zero-order chi connectivity index (χ0) is 10.2. The third-order valence-electron chi connectivity index (χ3n) is 1.49. The topological polar surface area (TPSA) is 46.1 Å². The molecule has 2 rings (SSSR count). The number of hydrogen-bond donors (Lipinski definition) is 0. The van der Waals surface area contributed by atoms with Gasteiger partial charge in [0.2, 0.25) is 0 Å². The second kappa shape index (κ2) is 8.17. The summed E-state index contributed by atoms with van der Waals surface area (Å²) >= 11 is 0. The van der Waals surface area contributed by atoms with Crippen LogP contribution in [0.2, 0.25) is 0 Å². The molecule has 0 N–H and O–H groups in total. The molecular weight excluding hydrogens is 295 g/mol. The molecule has 2 nitrogen and oxygen atoms in total. The summed E-state index contributed by atoms with van der Waals surface area (Å²) in [6.07, 6.45) is 0. The molecule has 0 saturated heterocycles. The van der Waals surface area contributed by atoms with Crippen molar-refractivity contribution >= 4 is 23.9 Å². The molecule has 2 radical (unpaired) electrons. The van der Waals surface area contributed by atoms with E-state index >= 15 is 0 Å². The molecule has 0 unspecified atom stereocenters. The van der Waals surface area contributed by atoms with Gasteiger partial charge in [-0.3, -0.25) is 0 Å². The van der Waals surface area contributed by atoms with E-state index in [1.165, 1.54) is 24.3 Å². The quantitative estimate of drug-likeness (QED) is 0.685. The summed E-state index contributed by atoms with van der Waals surface area (Å²) in [5, 5.41) is 20.5. The van der Waals surface area contributed by atoms with Crippen molar-refractivity contribution in [2.24, 2.45) is 0 Å². The molecule has 0 saturated carbocycles. The molecule has 0 bridgehead atoms. The fourth-order valence-corrected chi connectivity index (χ4v) is 0.841. The molecule has 2 aromatic rings. The van der Waals surface area contributed by atoms with Crippen LogP contribution in [-0.4, -0.2) is 23.9 Å². The van der Waals surface area contributed by atoms with E-state index < -0.39 is 0 Å². The summed E-state index contributed by atoms with van der Waals surface area (Å²) in [6.45, 7) is 0. The first-order chi connectivity index (χ1) is 6.79. The van der Waals surface area contributed by atoms with E-state index in [9.17, 15) is 10.2 Å². The van der Waals surface area contributed by atoms with Gasteiger partial charge in [0.15, 0.2) is 0 Å². The molecule has 0 aliphatic heterocycles. The van der Waals surface area contributed by atoms with Gasteiger partial charge in [-0.2, -0.15) is 0 Å². The normalized spacial score (nSPS) is 8.00. The van der Waals surface area contributed by atoms with E-state index in [1.807, 2.05) is 12.1 Å². The van der Waals surface area contributed by atoms with Gasteiger partial charge < -0.3 is 10.2 Å². The maximum Gasteiger partial charge on any atom is 2.00 e. The number of rotatable bonds is 0. The molecule has 15 heavy (non-hydrogen) atoms. The maximum atomic E-state index is 10.3. The Morgan fingerprint density at radius 1 is 0.533 bits per heavy atom. The van der Waals surface area contributed by atoms with Crippen LogP contribution < -0.4 is 10.2 Å². The summed E-state index contributed by atoms with van der Waals surface area (Å²) in [7, 11) is 0. The zero-order valence-electron chi connectivity index (χ0n) is 8.09. The summed E-state index contributed by atoms with van der Waals surface area (Å²) in [5.41, 5.74) is 0. The molecule has 0 atom stereocenters. The van der Waals surface area contributed by atoms with Crippen LogP contribution in [0.25, 0.3) is 0 Å². The second-order valence-electron chi connectivity index (χ2n) is 2.63. The van der Waals surface area contributed by atoms with Crippen molar-refractivity contribution in [3.05, 3.63) is 60.7 Å². The van der Waals surface area contributed by atoms with E-state index in [0.29, 0.717) is 0 Å². The van der Waals surface area contributed by atoms with Crippen molar-refractivity contribution in [1.82, 2.24) is 0 Å². The average molecular weight is 305 g/mol. The Morgan fingerprint density at radius 3 is 0.933 bits per heavy atom. The summed E-state index contributed by atoms with van der Waals surface area (Å²) in [5.74, 6) is 0.144. The molecule has 0 aromatic heterocycles. The van der Waals surface area contributed by atoms with Crippen molar-refractivity contribution in [1.29, 1.82) is 0 Å². The largest absolute Gasteiger partial charge is 2.00 e. The van der Waals surface area contributed by atoms with Crippen LogP contribution in [0.5, 0.6) is 11.5 Å². The predicted octanol–water partition coefficient (Wildman–Crippen LogP) is 1.14. The minimum absolute atomic E-state index is 0. The minimum atomic E-state index is 0. The first-order valence-corrected chi connectivity index (χ1v) is 4.23. The van der Waals surface area contributed by atoms with Gasteiger partial charge in [-0.25, -0.2) is 0 Å². The van der Waals surface area contributed by atoms with Crippen LogP contribution in [0.1, 0.15) is 0 Å². The van der Waals surface area contributed by atoms with Gasteiger partial charge in [-0.05, 0) is 0 Å². The van der Waals surface area contributed by atoms with Gasteiger partial charge in [-0.1, -0.05) is 60.7 Å². The Balaban J connectivity index is 0.000000245. The van der Waals surface area contributed by atoms with E-state index in [1.54, 1.807) is 24.3 Å². The van der Waals surface area contributed by atoms with Gasteiger partial charge in [0.05, 0.1) is 0 Å². The molecule has 0 aliphatic carbocycles. The smallest absolute Gasteiger partial charge is 0.872 e. The molecule has 0 aliphatic rings. The van der Waals surface area contributed by atoms with E-state index in [4.69, 9.17) is 0 Å². The number of hydrogen-bond acceptors (Lipinski definition) is 2. The molecule has 74 valence electrons. The molecule has 0 heterocycles. The summed E-state index contributed by atoms with van der Waals surface area (Å²) in [6, 6.07) is 16.7. The van der Waals surface area contributed by atoms with Crippen LogP contribution in [-0.2, 0) is 0 Å². The third kappa shape index (κ3) is 6.85. The molecule has 0 spiro atoms. The van der Waals surface area contributed by atoms with Crippen LogP contribution in [0.15, 0.2) is 60.7 Å². The Kier molecular flexibility index (Phi) is 7.54. The van der Waals surface area contributed by atoms with Crippen molar-refractivity contribution in [3.8, 4) is 11.5 Å². The van der Waals surface area contributed by atoms with E-state index in [2.05, 4.69) is 0 Å². The first-order valence-electron chi connectivity index (χ1n) is 4.23. The summed E-state index contributed by atoms with van der Waals surface area (Å²) < 4.78 is 0. The molecular formula is C12H10O2Sn. The van der Waals surface area contributed by atoms with Gasteiger partial charge in [0.25, 0.3) is 0 Å². The fourth-order valence-electron chi connectivity index (χ4n) is 0.841. The van der Waals surface area contributed by atoms with Gasteiger partial charge in [0, 0.05) is 0 Å². The van der Waals surface area contributed by atoms with Crippen molar-refractivity contribution < 1.29 is 10.2 Å². The van der Waals surface area contributed by atoms with E-state index in [0.717, 1.165) is 0 Å². The van der Waals surface area contributed by atoms with Crippen LogP contribution in [0.4, 0.5) is 0 Å². The van der Waals surface area contributed by atoms with E-state index in [-0.39, 0.29) is 35.4 Å². The van der Waals surface area contributed by atoms with Crippen LogP contribution in [0, 0.1) is 0 Å². The standard InChI is InChI=1S/2C6H6O.Sn/c2*7-6-4-2-1-3-5-6;/h2*1-5,7H;/q;;+2/p-2. The molecule has 0 amide bonds. The Labute approximate surface area is 106 Å². The number of benzene rings is 2. The third-order valence-corrected chi connectivity index (χ3v) is 1.49. The first kappa shape index (κ1) is 13.8. The van der Waals surface area contributed by atoms with Crippen molar-refractivity contribution in [3.63, 3.8) is 0 Å². The fraction of sp³-hybridized carbons (Fsp3) is 0. The second-order valence-corrected chi connectivity index (χ2v) is 2.63. The molecule has 3 heteroatoms. The molecule has 0 fully saturated rings. The summed E-state index contributed by atoms with van der Waals surface area (Å²) in [4.78, 5) is 0.